The highest BCUT2D eigenvalue weighted by atomic mass is 15.3. The molecule has 1 aliphatic rings. The van der Waals surface area contributed by atoms with Gasteiger partial charge in [0.15, 0.2) is 0 Å². The minimum absolute atomic E-state index is 0.897. The highest BCUT2D eigenvalue weighted by Crippen LogP contribution is 2.14. The lowest BCUT2D eigenvalue weighted by Crippen LogP contribution is -2.18. The maximum atomic E-state index is 3.24. The zero-order valence-corrected chi connectivity index (χ0v) is 8.35. The Kier molecular flexibility index (Phi) is 2.73. The van der Waals surface area contributed by atoms with Crippen LogP contribution >= 0.6 is 0 Å². The van der Waals surface area contributed by atoms with Crippen LogP contribution in [0.15, 0.2) is 42.7 Å². The molecule has 0 fully saturated rings. The summed E-state index contributed by atoms with van der Waals surface area (Å²) in [6, 6.07) is 10.4. The Morgan fingerprint density at radius 1 is 1.07 bits per heavy atom. The third-order valence-corrected chi connectivity index (χ3v) is 2.22. The van der Waals surface area contributed by atoms with E-state index >= 15 is 0 Å². The van der Waals surface area contributed by atoms with Gasteiger partial charge in [-0.15, -0.1) is 0 Å². The molecule has 14 heavy (non-hydrogen) atoms. The fraction of sp³-hybridized carbons (Fsp3) is 0.250. The van der Waals surface area contributed by atoms with Gasteiger partial charge in [-0.05, 0) is 12.5 Å². The van der Waals surface area contributed by atoms with E-state index in [2.05, 4.69) is 49.0 Å². The summed E-state index contributed by atoms with van der Waals surface area (Å²) >= 11 is 0. The Morgan fingerprint density at radius 3 is 2.43 bits per heavy atom. The summed E-state index contributed by atoms with van der Waals surface area (Å²) in [5, 5.41) is 0. The minimum Gasteiger partial charge on any atom is -0.347 e. The number of rotatable bonds is 3. The summed E-state index contributed by atoms with van der Waals surface area (Å²) in [4.78, 5) is 4.11. The molecule has 1 heterocycles. The first-order valence-electron chi connectivity index (χ1n) is 4.90. The molecule has 0 bridgehead atoms. The van der Waals surface area contributed by atoms with Crippen molar-refractivity contribution in [1.29, 1.82) is 0 Å². The van der Waals surface area contributed by atoms with E-state index in [1.807, 2.05) is 17.2 Å². The van der Waals surface area contributed by atoms with Crippen LogP contribution in [0.5, 0.6) is 0 Å². The zero-order chi connectivity index (χ0) is 9.80. The summed E-state index contributed by atoms with van der Waals surface area (Å²) in [5.74, 6) is 0. The highest BCUT2D eigenvalue weighted by Gasteiger charge is 2.12. The summed E-state index contributed by atoms with van der Waals surface area (Å²) in [7, 11) is 0. The topological polar surface area (TPSA) is 6.48 Å². The van der Waals surface area contributed by atoms with Crippen LogP contribution in [0.25, 0.3) is 0 Å². The average Bonchev–Trinajstić information content (AvgIpc) is 2.67. The zero-order valence-electron chi connectivity index (χ0n) is 8.35. The first-order valence-corrected chi connectivity index (χ1v) is 4.90. The van der Waals surface area contributed by atoms with E-state index in [1.54, 1.807) is 0 Å². The second-order valence-electron chi connectivity index (χ2n) is 3.30. The van der Waals surface area contributed by atoms with Crippen molar-refractivity contribution in [2.45, 2.75) is 13.5 Å². The number of nitrogens with zero attached hydrogens (tertiary/aromatic N) is 2. The number of hydrogen-bond acceptors (Lipinski definition) is 2. The Balaban J connectivity index is 1.92. The van der Waals surface area contributed by atoms with E-state index in [9.17, 15) is 0 Å². The number of benzene rings is 1. The Labute approximate surface area is 85.4 Å². The minimum atomic E-state index is 0.897. The van der Waals surface area contributed by atoms with Gasteiger partial charge in [0.05, 0.1) is 0 Å². The maximum Gasteiger partial charge on any atom is 0.208 e. The molecular weight excluding hydrogens is 172 g/mol. The van der Waals surface area contributed by atoms with Crippen LogP contribution in [0.2, 0.25) is 0 Å². The molecule has 2 radical (unpaired) electrons. The van der Waals surface area contributed by atoms with Crippen molar-refractivity contribution < 1.29 is 0 Å². The van der Waals surface area contributed by atoms with Crippen LogP contribution < -0.4 is 0 Å². The lowest BCUT2D eigenvalue weighted by atomic mass is 10.2. The molecule has 0 atom stereocenters. The summed E-state index contributed by atoms with van der Waals surface area (Å²) in [6.45, 7) is 7.23. The van der Waals surface area contributed by atoms with Crippen molar-refractivity contribution in [3.63, 3.8) is 0 Å². The summed E-state index contributed by atoms with van der Waals surface area (Å²) in [6.07, 6.45) is 4.10. The van der Waals surface area contributed by atoms with Crippen LogP contribution in [-0.4, -0.2) is 16.3 Å². The van der Waals surface area contributed by atoms with Crippen molar-refractivity contribution >= 4 is 0 Å². The molecule has 1 aromatic carbocycles. The SMILES string of the molecule is CCN1[C]N(Cc2ccccc2)C=C1. The Hall–Kier alpha value is -1.44. The van der Waals surface area contributed by atoms with Crippen LogP contribution in [0, 0.1) is 6.67 Å². The third kappa shape index (κ3) is 2.08. The average molecular weight is 186 g/mol. The van der Waals surface area contributed by atoms with E-state index in [4.69, 9.17) is 0 Å². The molecular formula is C12H14N2. The molecule has 2 nitrogen and oxygen atoms in total. The normalized spacial score (nSPS) is 15.2. The van der Waals surface area contributed by atoms with Crippen molar-refractivity contribution in [2.24, 2.45) is 0 Å². The molecule has 0 saturated heterocycles. The maximum absolute atomic E-state index is 3.24. The van der Waals surface area contributed by atoms with Crippen LogP contribution in [-0.2, 0) is 6.54 Å². The van der Waals surface area contributed by atoms with Crippen molar-refractivity contribution in [3.8, 4) is 0 Å². The molecule has 0 spiro atoms. The molecule has 0 aromatic heterocycles. The smallest absolute Gasteiger partial charge is 0.208 e. The van der Waals surface area contributed by atoms with Gasteiger partial charge in [-0.25, -0.2) is 0 Å². The molecule has 0 aliphatic carbocycles. The van der Waals surface area contributed by atoms with Crippen molar-refractivity contribution in [1.82, 2.24) is 9.80 Å². The van der Waals surface area contributed by atoms with E-state index in [0.717, 1.165) is 13.1 Å². The molecule has 2 rings (SSSR count). The number of hydrogen-bond donors (Lipinski definition) is 0. The standard InChI is InChI=1S/C12H14N2/c1-2-13-8-9-14(11-13)10-12-6-4-3-5-7-12/h3-9H,2,10H2,1H3. The fourth-order valence-corrected chi connectivity index (χ4v) is 1.44. The molecule has 1 aliphatic heterocycles. The van der Waals surface area contributed by atoms with Gasteiger partial charge in [0.25, 0.3) is 0 Å². The molecule has 1 aromatic rings. The molecule has 0 saturated carbocycles. The third-order valence-electron chi connectivity index (χ3n) is 2.22. The fourth-order valence-electron chi connectivity index (χ4n) is 1.44. The molecule has 0 unspecified atom stereocenters. The first-order chi connectivity index (χ1) is 6.88. The predicted molar refractivity (Wildman–Crippen MR) is 56.7 cm³/mol. The van der Waals surface area contributed by atoms with Crippen LogP contribution in [0.3, 0.4) is 0 Å². The van der Waals surface area contributed by atoms with Crippen molar-refractivity contribution in [3.05, 3.63) is 55.0 Å². The van der Waals surface area contributed by atoms with Gasteiger partial charge in [-0.3, -0.25) is 0 Å². The van der Waals surface area contributed by atoms with Gasteiger partial charge >= 0.3 is 0 Å². The molecule has 2 heteroatoms. The van der Waals surface area contributed by atoms with Gasteiger partial charge in [0.1, 0.15) is 0 Å². The second-order valence-corrected chi connectivity index (χ2v) is 3.30. The monoisotopic (exact) mass is 186 g/mol. The lowest BCUT2D eigenvalue weighted by Gasteiger charge is -2.17. The van der Waals surface area contributed by atoms with E-state index in [0.29, 0.717) is 0 Å². The van der Waals surface area contributed by atoms with Gasteiger partial charge in [0, 0.05) is 25.5 Å². The van der Waals surface area contributed by atoms with Crippen LogP contribution in [0.1, 0.15) is 12.5 Å². The Morgan fingerprint density at radius 2 is 1.79 bits per heavy atom. The predicted octanol–water partition coefficient (Wildman–Crippen LogP) is 2.29. The molecule has 0 N–H and O–H groups in total. The van der Waals surface area contributed by atoms with E-state index < -0.39 is 0 Å². The summed E-state index contributed by atoms with van der Waals surface area (Å²) < 4.78 is 0. The van der Waals surface area contributed by atoms with Gasteiger partial charge in [-0.2, -0.15) is 0 Å². The van der Waals surface area contributed by atoms with Gasteiger partial charge < -0.3 is 9.80 Å². The quantitative estimate of drug-likeness (QED) is 0.714. The molecule has 72 valence electrons. The van der Waals surface area contributed by atoms with Gasteiger partial charge in [-0.1, -0.05) is 30.3 Å². The van der Waals surface area contributed by atoms with Gasteiger partial charge in [0.2, 0.25) is 6.67 Å². The first kappa shape index (κ1) is 9.13. The Bertz CT molecular complexity index is 305. The molecule has 0 amide bonds. The van der Waals surface area contributed by atoms with Crippen LogP contribution in [0.4, 0.5) is 0 Å². The lowest BCUT2D eigenvalue weighted by molar-refractivity contribution is 0.349. The summed E-state index contributed by atoms with van der Waals surface area (Å²) in [5.41, 5.74) is 1.31. The van der Waals surface area contributed by atoms with E-state index in [1.165, 1.54) is 5.56 Å². The largest absolute Gasteiger partial charge is 0.347 e. The second kappa shape index (κ2) is 4.18. The highest BCUT2D eigenvalue weighted by molar-refractivity contribution is 5.15. The van der Waals surface area contributed by atoms with Crippen molar-refractivity contribution in [2.75, 3.05) is 6.54 Å². The van der Waals surface area contributed by atoms with E-state index in [-0.39, 0.29) is 0 Å².